The summed E-state index contributed by atoms with van der Waals surface area (Å²) in [6.45, 7) is 1.85. The summed E-state index contributed by atoms with van der Waals surface area (Å²) in [6.07, 6.45) is 0. The number of urea groups is 1. The van der Waals surface area contributed by atoms with Crippen molar-refractivity contribution in [3.8, 4) is 11.5 Å². The van der Waals surface area contributed by atoms with E-state index >= 15 is 0 Å². The smallest absolute Gasteiger partial charge is 0.325 e. The minimum absolute atomic E-state index is 0.0564. The third kappa shape index (κ3) is 2.66. The Bertz CT molecular complexity index is 933. The van der Waals surface area contributed by atoms with Gasteiger partial charge in [-0.3, -0.25) is 9.69 Å². The highest BCUT2D eigenvalue weighted by atomic mass is 35.5. The third-order valence-corrected chi connectivity index (χ3v) is 5.16. The van der Waals surface area contributed by atoms with E-state index < -0.39 is 11.6 Å². The molecule has 2 aromatic carbocycles. The van der Waals surface area contributed by atoms with Gasteiger partial charge < -0.3 is 14.8 Å². The van der Waals surface area contributed by atoms with E-state index in [4.69, 9.17) is 32.7 Å². The molecule has 3 amide bonds. The topological polar surface area (TPSA) is 67.9 Å². The molecule has 8 heteroatoms. The Labute approximate surface area is 159 Å². The lowest BCUT2D eigenvalue weighted by Crippen LogP contribution is -2.40. The molecule has 0 aliphatic carbocycles. The fourth-order valence-corrected chi connectivity index (χ4v) is 3.53. The Kier molecular flexibility index (Phi) is 3.97. The van der Waals surface area contributed by atoms with Crippen molar-refractivity contribution in [1.82, 2.24) is 10.2 Å². The number of carbonyl (C=O) groups excluding carboxylic acids is 2. The van der Waals surface area contributed by atoms with Gasteiger partial charge >= 0.3 is 6.03 Å². The summed E-state index contributed by atoms with van der Waals surface area (Å²) in [6, 6.07) is 9.62. The first kappa shape index (κ1) is 17.0. The van der Waals surface area contributed by atoms with E-state index in [0.717, 1.165) is 4.90 Å². The van der Waals surface area contributed by atoms with Crippen LogP contribution in [0.2, 0.25) is 10.0 Å². The van der Waals surface area contributed by atoms with Gasteiger partial charge in [-0.1, -0.05) is 35.3 Å². The zero-order chi connectivity index (χ0) is 18.5. The van der Waals surface area contributed by atoms with Gasteiger partial charge in [0.2, 0.25) is 6.79 Å². The van der Waals surface area contributed by atoms with Gasteiger partial charge in [-0.2, -0.15) is 0 Å². The molecule has 1 saturated heterocycles. The second-order valence-corrected chi connectivity index (χ2v) is 7.09. The Morgan fingerprint density at radius 2 is 1.88 bits per heavy atom. The molecular weight excluding hydrogens is 379 g/mol. The third-order valence-electron chi connectivity index (χ3n) is 4.57. The molecule has 0 spiro atoms. The summed E-state index contributed by atoms with van der Waals surface area (Å²) in [5, 5.41) is 3.65. The van der Waals surface area contributed by atoms with E-state index in [0.29, 0.717) is 32.7 Å². The lowest BCUT2D eigenvalue weighted by molar-refractivity contribution is -0.131. The van der Waals surface area contributed by atoms with Crippen LogP contribution < -0.4 is 14.8 Å². The highest BCUT2D eigenvalue weighted by molar-refractivity contribution is 6.35. The van der Waals surface area contributed by atoms with Crippen molar-refractivity contribution in [2.24, 2.45) is 0 Å². The lowest BCUT2D eigenvalue weighted by Gasteiger charge is -2.22. The molecule has 0 aromatic heterocycles. The van der Waals surface area contributed by atoms with Gasteiger partial charge in [0.05, 0.1) is 6.54 Å². The number of amides is 3. The van der Waals surface area contributed by atoms with Gasteiger partial charge in [0, 0.05) is 10.0 Å². The number of nitrogens with one attached hydrogen (secondary N) is 1. The molecule has 4 rings (SSSR count). The second kappa shape index (κ2) is 6.07. The van der Waals surface area contributed by atoms with E-state index in [1.807, 2.05) is 0 Å². The minimum Gasteiger partial charge on any atom is -0.454 e. The predicted octanol–water partition coefficient (Wildman–Crippen LogP) is 3.69. The number of nitrogens with zero attached hydrogens (tertiary/aromatic N) is 1. The van der Waals surface area contributed by atoms with Crippen molar-refractivity contribution in [3.05, 3.63) is 57.6 Å². The number of ether oxygens (including phenoxy) is 2. The number of benzene rings is 2. The molecule has 2 heterocycles. The van der Waals surface area contributed by atoms with Gasteiger partial charge in [-0.15, -0.1) is 0 Å². The normalized spacial score (nSPS) is 21.3. The first-order valence-electron chi connectivity index (χ1n) is 7.86. The van der Waals surface area contributed by atoms with E-state index in [1.54, 1.807) is 43.3 Å². The zero-order valence-electron chi connectivity index (χ0n) is 13.7. The molecular formula is C18H14Cl2N2O4. The van der Waals surface area contributed by atoms with Gasteiger partial charge in [0.1, 0.15) is 5.54 Å². The zero-order valence-corrected chi connectivity index (χ0v) is 15.2. The molecule has 1 fully saturated rings. The maximum atomic E-state index is 13.0. The Balaban J connectivity index is 1.64. The molecule has 26 heavy (non-hydrogen) atoms. The number of carbonyl (C=O) groups is 2. The second-order valence-electron chi connectivity index (χ2n) is 6.25. The molecule has 0 bridgehead atoms. The van der Waals surface area contributed by atoms with Crippen LogP contribution in [0.5, 0.6) is 11.5 Å². The molecule has 0 radical (unpaired) electrons. The standard InChI is InChI=1S/C18H14Cl2N2O4/c1-18(11-3-5-14-15(6-11)26-9-25-14)16(23)22(17(24)21-18)8-10-2-4-12(19)7-13(10)20/h2-7H,8-9H2,1H3,(H,21,24). The summed E-state index contributed by atoms with van der Waals surface area (Å²) in [5.41, 5.74) is 0.0519. The predicted molar refractivity (Wildman–Crippen MR) is 95.5 cm³/mol. The van der Waals surface area contributed by atoms with Crippen LogP contribution in [0, 0.1) is 0 Å². The lowest BCUT2D eigenvalue weighted by atomic mass is 9.91. The molecule has 6 nitrogen and oxygen atoms in total. The average Bonchev–Trinajstić information content (AvgIpc) is 3.15. The summed E-state index contributed by atoms with van der Waals surface area (Å²) in [5.74, 6) is 0.788. The van der Waals surface area contributed by atoms with Crippen molar-refractivity contribution in [2.75, 3.05) is 6.79 Å². The number of halogens is 2. The summed E-state index contributed by atoms with van der Waals surface area (Å²) < 4.78 is 10.7. The van der Waals surface area contributed by atoms with Crippen molar-refractivity contribution < 1.29 is 19.1 Å². The van der Waals surface area contributed by atoms with Gasteiger partial charge in [0.15, 0.2) is 11.5 Å². The Morgan fingerprint density at radius 3 is 2.65 bits per heavy atom. The SMILES string of the molecule is CC1(c2ccc3c(c2)OCO3)NC(=O)N(Cc2ccc(Cl)cc2Cl)C1=O. The molecule has 0 saturated carbocycles. The minimum atomic E-state index is -1.20. The van der Waals surface area contributed by atoms with Crippen molar-refractivity contribution in [3.63, 3.8) is 0 Å². The molecule has 1 unspecified atom stereocenters. The number of fused-ring (bicyclic) bond motifs is 1. The maximum absolute atomic E-state index is 13.0. The molecule has 2 aliphatic heterocycles. The monoisotopic (exact) mass is 392 g/mol. The average molecular weight is 393 g/mol. The maximum Gasteiger partial charge on any atom is 0.325 e. The van der Waals surface area contributed by atoms with E-state index in [-0.39, 0.29) is 19.2 Å². The van der Waals surface area contributed by atoms with Crippen LogP contribution in [0.15, 0.2) is 36.4 Å². The van der Waals surface area contributed by atoms with Crippen molar-refractivity contribution in [1.29, 1.82) is 0 Å². The van der Waals surface area contributed by atoms with Crippen LogP contribution in [0.4, 0.5) is 4.79 Å². The van der Waals surface area contributed by atoms with E-state index in [1.165, 1.54) is 0 Å². The first-order chi connectivity index (χ1) is 12.4. The summed E-state index contributed by atoms with van der Waals surface area (Å²) in [7, 11) is 0. The van der Waals surface area contributed by atoms with Crippen LogP contribution in [0.1, 0.15) is 18.1 Å². The highest BCUT2D eigenvalue weighted by Crippen LogP contribution is 2.38. The van der Waals surface area contributed by atoms with Crippen molar-refractivity contribution >= 4 is 35.1 Å². The summed E-state index contributed by atoms with van der Waals surface area (Å²) in [4.78, 5) is 26.6. The van der Waals surface area contributed by atoms with Crippen LogP contribution in [-0.2, 0) is 16.9 Å². The highest BCUT2D eigenvalue weighted by Gasteiger charge is 2.49. The fraction of sp³-hybridized carbons (Fsp3) is 0.222. The van der Waals surface area contributed by atoms with Crippen LogP contribution >= 0.6 is 23.2 Å². The van der Waals surface area contributed by atoms with Crippen LogP contribution in [-0.4, -0.2) is 23.6 Å². The van der Waals surface area contributed by atoms with Gasteiger partial charge in [0.25, 0.3) is 5.91 Å². The molecule has 2 aromatic rings. The van der Waals surface area contributed by atoms with Crippen molar-refractivity contribution in [2.45, 2.75) is 19.0 Å². The Hall–Kier alpha value is -2.44. The largest absolute Gasteiger partial charge is 0.454 e. The number of rotatable bonds is 3. The number of hydrogen-bond acceptors (Lipinski definition) is 4. The van der Waals surface area contributed by atoms with E-state index in [9.17, 15) is 9.59 Å². The number of imide groups is 1. The molecule has 1 atom stereocenters. The van der Waals surface area contributed by atoms with Crippen LogP contribution in [0.25, 0.3) is 0 Å². The molecule has 1 N–H and O–H groups in total. The molecule has 134 valence electrons. The fourth-order valence-electron chi connectivity index (χ4n) is 3.06. The Morgan fingerprint density at radius 1 is 1.12 bits per heavy atom. The molecule has 2 aliphatic rings. The van der Waals surface area contributed by atoms with Gasteiger partial charge in [-0.25, -0.2) is 4.79 Å². The van der Waals surface area contributed by atoms with E-state index in [2.05, 4.69) is 5.32 Å². The summed E-state index contributed by atoms with van der Waals surface area (Å²) >= 11 is 12.1. The quantitative estimate of drug-likeness (QED) is 0.808. The van der Waals surface area contributed by atoms with Crippen LogP contribution in [0.3, 0.4) is 0 Å². The first-order valence-corrected chi connectivity index (χ1v) is 8.62. The number of hydrogen-bond donors (Lipinski definition) is 1. The van der Waals surface area contributed by atoms with Gasteiger partial charge in [-0.05, 0) is 42.3 Å².